The smallest absolute Gasteiger partial charge is 0.0300 e. The molecule has 0 heterocycles. The second-order valence-electron chi connectivity index (χ2n) is 5.68. The number of fused-ring (bicyclic) bond motifs is 1. The molecule has 0 unspecified atom stereocenters. The van der Waals surface area contributed by atoms with Gasteiger partial charge < -0.3 is 5.73 Å². The van der Waals surface area contributed by atoms with Gasteiger partial charge in [0.2, 0.25) is 0 Å². The molecule has 0 fully saturated rings. The Morgan fingerprint density at radius 1 is 1.00 bits per heavy atom. The van der Waals surface area contributed by atoms with Crippen LogP contribution in [0.4, 0.5) is 0 Å². The molecule has 0 radical (unpaired) electrons. The number of hydrogen-bond donors (Lipinski definition) is 1. The summed E-state index contributed by atoms with van der Waals surface area (Å²) in [4.78, 5) is 0. The minimum Gasteiger partial charge on any atom is -0.324 e. The molecule has 0 aromatic heterocycles. The Kier molecular flexibility index (Phi) is 3.62. The summed E-state index contributed by atoms with van der Waals surface area (Å²) in [7, 11) is 0. The SMILES string of the molecule is CCc1cccc(CC)c1-c1cccc2c1CC[C@H]2N. The highest BCUT2D eigenvalue weighted by Gasteiger charge is 2.23. The van der Waals surface area contributed by atoms with Gasteiger partial charge in [0.25, 0.3) is 0 Å². The fraction of sp³-hybridized carbons (Fsp3) is 0.368. The highest BCUT2D eigenvalue weighted by molar-refractivity contribution is 5.76. The van der Waals surface area contributed by atoms with E-state index < -0.39 is 0 Å². The van der Waals surface area contributed by atoms with Gasteiger partial charge in [-0.25, -0.2) is 0 Å². The Labute approximate surface area is 121 Å². The van der Waals surface area contributed by atoms with Crippen molar-refractivity contribution in [2.75, 3.05) is 0 Å². The van der Waals surface area contributed by atoms with Gasteiger partial charge in [-0.15, -0.1) is 0 Å². The molecule has 1 atom stereocenters. The van der Waals surface area contributed by atoms with Crippen molar-refractivity contribution in [1.29, 1.82) is 0 Å². The maximum atomic E-state index is 6.23. The normalized spacial score (nSPS) is 17.2. The van der Waals surface area contributed by atoms with Crippen LogP contribution in [0.5, 0.6) is 0 Å². The van der Waals surface area contributed by atoms with E-state index in [2.05, 4.69) is 50.2 Å². The second-order valence-corrected chi connectivity index (χ2v) is 5.68. The molecule has 2 N–H and O–H groups in total. The Hall–Kier alpha value is -1.60. The third-order valence-corrected chi connectivity index (χ3v) is 4.59. The van der Waals surface area contributed by atoms with E-state index >= 15 is 0 Å². The molecule has 0 saturated carbocycles. The summed E-state index contributed by atoms with van der Waals surface area (Å²) in [5, 5.41) is 0. The summed E-state index contributed by atoms with van der Waals surface area (Å²) in [5.74, 6) is 0. The average molecular weight is 265 g/mol. The van der Waals surface area contributed by atoms with Crippen molar-refractivity contribution in [3.8, 4) is 11.1 Å². The molecular weight excluding hydrogens is 242 g/mol. The van der Waals surface area contributed by atoms with Gasteiger partial charge in [0.15, 0.2) is 0 Å². The molecule has 1 aliphatic rings. The first-order valence-electron chi connectivity index (χ1n) is 7.74. The fourth-order valence-corrected chi connectivity index (χ4v) is 3.51. The Morgan fingerprint density at radius 2 is 1.65 bits per heavy atom. The quantitative estimate of drug-likeness (QED) is 0.873. The molecule has 1 nitrogen and oxygen atoms in total. The topological polar surface area (TPSA) is 26.0 Å². The van der Waals surface area contributed by atoms with Gasteiger partial charge in [-0.2, -0.15) is 0 Å². The highest BCUT2D eigenvalue weighted by Crippen LogP contribution is 2.39. The first-order valence-corrected chi connectivity index (χ1v) is 7.74. The average Bonchev–Trinajstić information content (AvgIpc) is 2.88. The Bertz CT molecular complexity index is 605. The molecule has 3 rings (SSSR count). The molecule has 0 amide bonds. The summed E-state index contributed by atoms with van der Waals surface area (Å²) in [6.07, 6.45) is 4.37. The van der Waals surface area contributed by atoms with Crippen LogP contribution in [0.3, 0.4) is 0 Å². The number of hydrogen-bond acceptors (Lipinski definition) is 1. The summed E-state index contributed by atoms with van der Waals surface area (Å²) >= 11 is 0. The molecule has 104 valence electrons. The van der Waals surface area contributed by atoms with Crippen molar-refractivity contribution in [1.82, 2.24) is 0 Å². The van der Waals surface area contributed by atoms with Crippen LogP contribution in [-0.4, -0.2) is 0 Å². The molecule has 2 aromatic rings. The van der Waals surface area contributed by atoms with Crippen LogP contribution in [-0.2, 0) is 19.3 Å². The molecule has 0 spiro atoms. The minimum absolute atomic E-state index is 0.226. The van der Waals surface area contributed by atoms with Crippen molar-refractivity contribution in [2.45, 2.75) is 45.6 Å². The third-order valence-electron chi connectivity index (χ3n) is 4.59. The third kappa shape index (κ3) is 2.06. The van der Waals surface area contributed by atoms with Gasteiger partial charge in [0.1, 0.15) is 0 Å². The van der Waals surface area contributed by atoms with Gasteiger partial charge in [0, 0.05) is 6.04 Å². The lowest BCUT2D eigenvalue weighted by atomic mass is 9.88. The summed E-state index contributed by atoms with van der Waals surface area (Å²) < 4.78 is 0. The number of rotatable bonds is 3. The van der Waals surface area contributed by atoms with Gasteiger partial charge >= 0.3 is 0 Å². The van der Waals surface area contributed by atoms with Crippen molar-refractivity contribution in [3.63, 3.8) is 0 Å². The van der Waals surface area contributed by atoms with Crippen LogP contribution in [0.1, 0.15) is 48.6 Å². The molecule has 20 heavy (non-hydrogen) atoms. The molecule has 0 aliphatic heterocycles. The Balaban J connectivity index is 2.25. The van der Waals surface area contributed by atoms with Crippen LogP contribution >= 0.6 is 0 Å². The maximum Gasteiger partial charge on any atom is 0.0300 e. The number of benzene rings is 2. The number of aryl methyl sites for hydroxylation is 2. The van der Waals surface area contributed by atoms with Crippen LogP contribution < -0.4 is 5.73 Å². The summed E-state index contributed by atoms with van der Waals surface area (Å²) in [6, 6.07) is 13.6. The molecular formula is C19H23N. The van der Waals surface area contributed by atoms with Gasteiger partial charge in [-0.1, -0.05) is 50.2 Å². The predicted octanol–water partition coefficient (Wildman–Crippen LogP) is 4.42. The zero-order valence-corrected chi connectivity index (χ0v) is 12.4. The summed E-state index contributed by atoms with van der Waals surface area (Å²) in [5.41, 5.74) is 14.9. The standard InChI is InChI=1S/C19H23N/c1-3-13-7-5-8-14(4-2)19(13)17-10-6-9-16-15(17)11-12-18(16)20/h5-10,18H,3-4,11-12,20H2,1-2H3/t18-/m1/s1. The maximum absolute atomic E-state index is 6.23. The van der Waals surface area contributed by atoms with Crippen molar-refractivity contribution in [2.24, 2.45) is 5.73 Å². The van der Waals surface area contributed by atoms with Crippen LogP contribution in [0.25, 0.3) is 11.1 Å². The van der Waals surface area contributed by atoms with E-state index in [1.807, 2.05) is 0 Å². The van der Waals surface area contributed by atoms with Crippen molar-refractivity contribution >= 4 is 0 Å². The van der Waals surface area contributed by atoms with E-state index in [-0.39, 0.29) is 6.04 Å². The second kappa shape index (κ2) is 5.41. The predicted molar refractivity (Wildman–Crippen MR) is 85.9 cm³/mol. The van der Waals surface area contributed by atoms with Crippen LogP contribution in [0.2, 0.25) is 0 Å². The van der Waals surface area contributed by atoms with Gasteiger partial charge in [0.05, 0.1) is 0 Å². The fourth-order valence-electron chi connectivity index (χ4n) is 3.51. The van der Waals surface area contributed by atoms with E-state index in [0.717, 1.165) is 25.7 Å². The van der Waals surface area contributed by atoms with E-state index in [4.69, 9.17) is 5.73 Å². The highest BCUT2D eigenvalue weighted by atomic mass is 14.6. The minimum atomic E-state index is 0.226. The monoisotopic (exact) mass is 265 g/mol. The van der Waals surface area contributed by atoms with Crippen LogP contribution in [0.15, 0.2) is 36.4 Å². The molecule has 1 heteroatoms. The van der Waals surface area contributed by atoms with Gasteiger partial charge in [-0.3, -0.25) is 0 Å². The van der Waals surface area contributed by atoms with Crippen molar-refractivity contribution < 1.29 is 0 Å². The first-order chi connectivity index (χ1) is 9.76. The molecule has 1 aliphatic carbocycles. The lowest BCUT2D eigenvalue weighted by Crippen LogP contribution is -2.05. The van der Waals surface area contributed by atoms with E-state index in [0.29, 0.717) is 0 Å². The first kappa shape index (κ1) is 13.4. The summed E-state index contributed by atoms with van der Waals surface area (Å²) in [6.45, 7) is 4.49. The van der Waals surface area contributed by atoms with E-state index in [1.54, 1.807) is 0 Å². The molecule has 0 saturated heterocycles. The largest absolute Gasteiger partial charge is 0.324 e. The van der Waals surface area contributed by atoms with E-state index in [9.17, 15) is 0 Å². The van der Waals surface area contributed by atoms with Crippen molar-refractivity contribution in [3.05, 3.63) is 58.7 Å². The Morgan fingerprint density at radius 3 is 2.30 bits per heavy atom. The van der Waals surface area contributed by atoms with E-state index in [1.165, 1.54) is 33.4 Å². The number of nitrogens with two attached hydrogens (primary N) is 1. The lowest BCUT2D eigenvalue weighted by Gasteiger charge is -2.17. The lowest BCUT2D eigenvalue weighted by molar-refractivity contribution is 0.713. The zero-order valence-electron chi connectivity index (χ0n) is 12.4. The van der Waals surface area contributed by atoms with Crippen LogP contribution in [0, 0.1) is 0 Å². The van der Waals surface area contributed by atoms with Gasteiger partial charge in [-0.05, 0) is 59.1 Å². The molecule has 2 aromatic carbocycles. The molecule has 0 bridgehead atoms. The zero-order chi connectivity index (χ0) is 14.1.